The summed E-state index contributed by atoms with van der Waals surface area (Å²) < 4.78 is 5.33. The van der Waals surface area contributed by atoms with Crippen molar-refractivity contribution in [2.45, 2.75) is 26.4 Å². The van der Waals surface area contributed by atoms with Crippen LogP contribution in [0.1, 0.15) is 41.5 Å². The van der Waals surface area contributed by atoms with Gasteiger partial charge in [0.1, 0.15) is 5.60 Å². The molecule has 118 valence electrons. The average molecular weight is 306 g/mol. The molecular weight excluding hydrogens is 288 g/mol. The molecular formula is C15H18N2O5. The Morgan fingerprint density at radius 2 is 2.00 bits per heavy atom. The second-order valence-electron chi connectivity index (χ2n) is 5.92. The van der Waals surface area contributed by atoms with Crippen LogP contribution in [-0.4, -0.2) is 41.8 Å². The summed E-state index contributed by atoms with van der Waals surface area (Å²) in [4.78, 5) is 36.7. The molecule has 2 rings (SSSR count). The van der Waals surface area contributed by atoms with E-state index in [0.717, 1.165) is 0 Å². The monoisotopic (exact) mass is 306 g/mol. The molecule has 2 N–H and O–H groups in total. The standard InChI is InChI=1S/C15H18N2O5/c1-15(2,3)22-14(21)17-7-6-16-12(18)10-8-9(13(19)20)4-5-11(10)17/h4-5,8H,6-7H2,1-3H3,(H,16,18)(H,19,20). The van der Waals surface area contributed by atoms with Crippen LogP contribution < -0.4 is 10.2 Å². The highest BCUT2D eigenvalue weighted by Gasteiger charge is 2.29. The molecule has 0 bridgehead atoms. The van der Waals surface area contributed by atoms with Crippen LogP contribution in [-0.2, 0) is 4.74 Å². The van der Waals surface area contributed by atoms with Gasteiger partial charge in [-0.3, -0.25) is 9.69 Å². The van der Waals surface area contributed by atoms with Crippen LogP contribution in [0.5, 0.6) is 0 Å². The van der Waals surface area contributed by atoms with Crippen molar-refractivity contribution >= 4 is 23.7 Å². The number of hydrogen-bond donors (Lipinski definition) is 2. The van der Waals surface area contributed by atoms with Gasteiger partial charge in [-0.2, -0.15) is 0 Å². The maximum Gasteiger partial charge on any atom is 0.414 e. The highest BCUT2D eigenvalue weighted by molar-refractivity contribution is 6.06. The number of amides is 2. The minimum Gasteiger partial charge on any atom is -0.478 e. The number of carbonyl (C=O) groups is 3. The quantitative estimate of drug-likeness (QED) is 0.825. The topological polar surface area (TPSA) is 95.9 Å². The Morgan fingerprint density at radius 3 is 2.59 bits per heavy atom. The van der Waals surface area contributed by atoms with Gasteiger partial charge < -0.3 is 15.2 Å². The van der Waals surface area contributed by atoms with Gasteiger partial charge in [-0.25, -0.2) is 9.59 Å². The molecule has 0 atom stereocenters. The highest BCUT2D eigenvalue weighted by Crippen LogP contribution is 2.25. The normalized spacial score (nSPS) is 14.7. The lowest BCUT2D eigenvalue weighted by Gasteiger charge is -2.27. The van der Waals surface area contributed by atoms with Crippen LogP contribution in [0.15, 0.2) is 18.2 Å². The van der Waals surface area contributed by atoms with E-state index in [9.17, 15) is 14.4 Å². The summed E-state index contributed by atoms with van der Waals surface area (Å²) in [6, 6.07) is 4.07. The van der Waals surface area contributed by atoms with Gasteiger partial charge in [-0.1, -0.05) is 0 Å². The molecule has 0 radical (unpaired) electrons. The molecule has 1 aliphatic rings. The molecule has 0 aliphatic carbocycles. The summed E-state index contributed by atoms with van der Waals surface area (Å²) in [6.45, 7) is 5.76. The van der Waals surface area contributed by atoms with E-state index in [0.29, 0.717) is 5.69 Å². The van der Waals surface area contributed by atoms with Crippen LogP contribution >= 0.6 is 0 Å². The number of anilines is 1. The first-order chi connectivity index (χ1) is 10.2. The number of nitrogens with zero attached hydrogens (tertiary/aromatic N) is 1. The third-order valence-electron chi connectivity index (χ3n) is 3.01. The molecule has 0 aromatic heterocycles. The van der Waals surface area contributed by atoms with E-state index in [2.05, 4.69) is 5.32 Å². The molecule has 0 unspecified atom stereocenters. The molecule has 0 fully saturated rings. The van der Waals surface area contributed by atoms with Gasteiger partial charge in [0.05, 0.1) is 16.8 Å². The fourth-order valence-corrected chi connectivity index (χ4v) is 2.09. The van der Waals surface area contributed by atoms with Gasteiger partial charge in [-0.15, -0.1) is 0 Å². The highest BCUT2D eigenvalue weighted by atomic mass is 16.6. The number of ether oxygens (including phenoxy) is 1. The number of carbonyl (C=O) groups excluding carboxylic acids is 2. The number of benzene rings is 1. The van der Waals surface area contributed by atoms with E-state index in [-0.39, 0.29) is 24.2 Å². The van der Waals surface area contributed by atoms with Crippen LogP contribution in [0.25, 0.3) is 0 Å². The maximum atomic E-state index is 12.3. The Balaban J connectivity index is 2.43. The summed E-state index contributed by atoms with van der Waals surface area (Å²) in [7, 11) is 0. The Kier molecular flexibility index (Phi) is 4.07. The zero-order valence-corrected chi connectivity index (χ0v) is 12.7. The minimum absolute atomic E-state index is 0.0139. The first kappa shape index (κ1) is 15.8. The summed E-state index contributed by atoms with van der Waals surface area (Å²) in [5, 5.41) is 11.7. The Hall–Kier alpha value is -2.57. The third-order valence-corrected chi connectivity index (χ3v) is 3.01. The number of aromatic carboxylic acids is 1. The second kappa shape index (κ2) is 5.67. The van der Waals surface area contributed by atoms with E-state index < -0.39 is 23.6 Å². The van der Waals surface area contributed by atoms with Gasteiger partial charge in [0, 0.05) is 13.1 Å². The van der Waals surface area contributed by atoms with Crippen LogP contribution in [0, 0.1) is 0 Å². The number of nitrogens with one attached hydrogen (secondary N) is 1. The SMILES string of the molecule is CC(C)(C)OC(=O)N1CCNC(=O)c2cc(C(=O)O)ccc21. The van der Waals surface area contributed by atoms with E-state index in [4.69, 9.17) is 9.84 Å². The molecule has 1 aromatic rings. The number of rotatable bonds is 1. The van der Waals surface area contributed by atoms with Gasteiger partial charge >= 0.3 is 12.1 Å². The van der Waals surface area contributed by atoms with Crippen LogP contribution in [0.4, 0.5) is 10.5 Å². The van der Waals surface area contributed by atoms with Gasteiger partial charge in [0.25, 0.3) is 5.91 Å². The lowest BCUT2D eigenvalue weighted by Crippen LogP contribution is -2.39. The largest absolute Gasteiger partial charge is 0.478 e. The first-order valence-corrected chi connectivity index (χ1v) is 6.85. The summed E-state index contributed by atoms with van der Waals surface area (Å²) in [5.74, 6) is -1.55. The molecule has 1 heterocycles. The number of hydrogen-bond acceptors (Lipinski definition) is 4. The lowest BCUT2D eigenvalue weighted by atomic mass is 10.1. The van der Waals surface area contributed by atoms with Crippen molar-refractivity contribution in [3.05, 3.63) is 29.3 Å². The van der Waals surface area contributed by atoms with Crippen molar-refractivity contribution in [2.75, 3.05) is 18.0 Å². The molecule has 22 heavy (non-hydrogen) atoms. The molecule has 0 saturated carbocycles. The Morgan fingerprint density at radius 1 is 1.32 bits per heavy atom. The smallest absolute Gasteiger partial charge is 0.414 e. The molecule has 7 heteroatoms. The summed E-state index contributed by atoms with van der Waals surface area (Å²) in [6.07, 6.45) is -0.576. The molecule has 2 amide bonds. The molecule has 1 aliphatic heterocycles. The predicted molar refractivity (Wildman–Crippen MR) is 79.3 cm³/mol. The second-order valence-corrected chi connectivity index (χ2v) is 5.92. The van der Waals surface area contributed by atoms with E-state index in [1.54, 1.807) is 20.8 Å². The van der Waals surface area contributed by atoms with Crippen molar-refractivity contribution in [3.8, 4) is 0 Å². The fourth-order valence-electron chi connectivity index (χ4n) is 2.09. The van der Waals surface area contributed by atoms with Crippen LogP contribution in [0.2, 0.25) is 0 Å². The zero-order chi connectivity index (χ0) is 16.5. The van der Waals surface area contributed by atoms with Crippen molar-refractivity contribution in [1.29, 1.82) is 0 Å². The lowest BCUT2D eigenvalue weighted by molar-refractivity contribution is 0.0580. The Bertz CT molecular complexity index is 633. The van der Waals surface area contributed by atoms with Crippen molar-refractivity contribution in [1.82, 2.24) is 5.32 Å². The Labute approximate surface area is 127 Å². The molecule has 0 spiro atoms. The van der Waals surface area contributed by atoms with E-state index in [1.165, 1.54) is 23.1 Å². The third kappa shape index (κ3) is 3.36. The van der Waals surface area contributed by atoms with Gasteiger partial charge in [0.15, 0.2) is 0 Å². The molecule has 0 saturated heterocycles. The summed E-state index contributed by atoms with van der Waals surface area (Å²) >= 11 is 0. The van der Waals surface area contributed by atoms with Crippen molar-refractivity contribution < 1.29 is 24.2 Å². The fraction of sp³-hybridized carbons (Fsp3) is 0.400. The van der Waals surface area contributed by atoms with Crippen LogP contribution in [0.3, 0.4) is 0 Å². The summed E-state index contributed by atoms with van der Waals surface area (Å²) in [5.41, 5.74) is -0.195. The number of fused-ring (bicyclic) bond motifs is 1. The van der Waals surface area contributed by atoms with E-state index in [1.807, 2.05) is 0 Å². The van der Waals surface area contributed by atoms with Crippen molar-refractivity contribution in [3.63, 3.8) is 0 Å². The van der Waals surface area contributed by atoms with E-state index >= 15 is 0 Å². The number of carboxylic acid groups (broad SMARTS) is 1. The number of carboxylic acids is 1. The van der Waals surface area contributed by atoms with Crippen molar-refractivity contribution in [2.24, 2.45) is 0 Å². The molecule has 1 aromatic carbocycles. The zero-order valence-electron chi connectivity index (χ0n) is 12.7. The molecule has 7 nitrogen and oxygen atoms in total. The minimum atomic E-state index is -1.14. The van der Waals surface area contributed by atoms with Gasteiger partial charge in [-0.05, 0) is 39.0 Å². The van der Waals surface area contributed by atoms with Gasteiger partial charge in [0.2, 0.25) is 0 Å². The average Bonchev–Trinajstić information content (AvgIpc) is 2.56. The first-order valence-electron chi connectivity index (χ1n) is 6.85. The maximum absolute atomic E-state index is 12.3. The predicted octanol–water partition coefficient (Wildman–Crippen LogP) is 1.87.